The molecule has 1 aliphatic carbocycles. The third kappa shape index (κ3) is 1.49. The molecule has 0 radical (unpaired) electrons. The molecule has 0 bridgehead atoms. The predicted octanol–water partition coefficient (Wildman–Crippen LogP) is 2.35. The van der Waals surface area contributed by atoms with E-state index in [9.17, 15) is 0 Å². The highest BCUT2D eigenvalue weighted by Gasteiger charge is 2.49. The van der Waals surface area contributed by atoms with Gasteiger partial charge in [0.25, 0.3) is 0 Å². The third-order valence-electron chi connectivity index (χ3n) is 4.39. The highest BCUT2D eigenvalue weighted by atomic mass is 16.5. The van der Waals surface area contributed by atoms with Crippen molar-refractivity contribution in [3.63, 3.8) is 0 Å². The number of hydrogen-bond acceptors (Lipinski definition) is 2. The van der Waals surface area contributed by atoms with Crippen LogP contribution in [-0.4, -0.2) is 23.4 Å². The maximum atomic E-state index is 9.13. The lowest BCUT2D eigenvalue weighted by atomic mass is 9.68. The number of ether oxygens (including phenoxy) is 1. The zero-order chi connectivity index (χ0) is 10.2. The second-order valence-electron chi connectivity index (χ2n) is 5.15. The SMILES string of the molecule is CC1CCCC(C)C12CCC(CO)O2. The molecule has 0 amide bonds. The lowest BCUT2D eigenvalue weighted by molar-refractivity contribution is -0.135. The van der Waals surface area contributed by atoms with Crippen molar-refractivity contribution < 1.29 is 9.84 Å². The van der Waals surface area contributed by atoms with Gasteiger partial charge in [0, 0.05) is 0 Å². The fourth-order valence-electron chi connectivity index (χ4n) is 3.37. The molecule has 14 heavy (non-hydrogen) atoms. The summed E-state index contributed by atoms with van der Waals surface area (Å²) in [6.45, 7) is 4.83. The molecule has 1 heterocycles. The Morgan fingerprint density at radius 2 is 1.86 bits per heavy atom. The van der Waals surface area contributed by atoms with Crippen LogP contribution in [0.2, 0.25) is 0 Å². The van der Waals surface area contributed by atoms with E-state index in [-0.39, 0.29) is 18.3 Å². The van der Waals surface area contributed by atoms with E-state index in [1.165, 1.54) is 19.3 Å². The number of hydrogen-bond donors (Lipinski definition) is 1. The van der Waals surface area contributed by atoms with Gasteiger partial charge in [0.1, 0.15) is 0 Å². The standard InChI is InChI=1S/C12H22O2/c1-9-4-3-5-10(2)12(9)7-6-11(8-13)14-12/h9-11,13H,3-8H2,1-2H3. The van der Waals surface area contributed by atoms with E-state index in [1.807, 2.05) is 0 Å². The van der Waals surface area contributed by atoms with Crippen molar-refractivity contribution in [2.24, 2.45) is 11.8 Å². The first-order valence-electron chi connectivity index (χ1n) is 5.97. The number of rotatable bonds is 1. The monoisotopic (exact) mass is 198 g/mol. The van der Waals surface area contributed by atoms with Crippen LogP contribution in [-0.2, 0) is 4.74 Å². The van der Waals surface area contributed by atoms with Crippen LogP contribution in [0.25, 0.3) is 0 Å². The Kier molecular flexibility index (Phi) is 2.85. The third-order valence-corrected chi connectivity index (χ3v) is 4.39. The van der Waals surface area contributed by atoms with Crippen LogP contribution >= 0.6 is 0 Å². The Morgan fingerprint density at radius 1 is 1.21 bits per heavy atom. The molecule has 1 spiro atoms. The minimum absolute atomic E-state index is 0.103. The minimum atomic E-state index is 0.103. The molecule has 1 saturated heterocycles. The fourth-order valence-corrected chi connectivity index (χ4v) is 3.37. The first-order chi connectivity index (χ1) is 6.69. The number of aliphatic hydroxyl groups excluding tert-OH is 1. The molecule has 1 N–H and O–H groups in total. The first-order valence-corrected chi connectivity index (χ1v) is 5.97. The van der Waals surface area contributed by atoms with Crippen LogP contribution in [0, 0.1) is 11.8 Å². The second-order valence-corrected chi connectivity index (χ2v) is 5.15. The van der Waals surface area contributed by atoms with E-state index >= 15 is 0 Å². The van der Waals surface area contributed by atoms with Gasteiger partial charge in [-0.15, -0.1) is 0 Å². The summed E-state index contributed by atoms with van der Waals surface area (Å²) in [7, 11) is 0. The van der Waals surface area contributed by atoms with Crippen LogP contribution in [0.1, 0.15) is 46.0 Å². The molecular formula is C12H22O2. The highest BCUT2D eigenvalue weighted by Crippen LogP contribution is 2.48. The maximum Gasteiger partial charge on any atom is 0.0814 e. The molecule has 1 aliphatic heterocycles. The molecule has 2 heteroatoms. The van der Waals surface area contributed by atoms with Crippen LogP contribution in [0.4, 0.5) is 0 Å². The summed E-state index contributed by atoms with van der Waals surface area (Å²) in [5, 5.41) is 9.13. The van der Waals surface area contributed by atoms with E-state index in [1.54, 1.807) is 0 Å². The summed E-state index contributed by atoms with van der Waals surface area (Å²) in [5.74, 6) is 1.34. The normalized spacial score (nSPS) is 48.6. The van der Waals surface area contributed by atoms with Gasteiger partial charge in [0.15, 0.2) is 0 Å². The van der Waals surface area contributed by atoms with Gasteiger partial charge >= 0.3 is 0 Å². The molecule has 82 valence electrons. The Hall–Kier alpha value is -0.0800. The zero-order valence-corrected chi connectivity index (χ0v) is 9.33. The topological polar surface area (TPSA) is 29.5 Å². The smallest absolute Gasteiger partial charge is 0.0814 e. The van der Waals surface area contributed by atoms with E-state index in [0.717, 1.165) is 12.8 Å². The average molecular weight is 198 g/mol. The maximum absolute atomic E-state index is 9.13. The fraction of sp³-hybridized carbons (Fsp3) is 1.00. The molecule has 2 fully saturated rings. The summed E-state index contributed by atoms with van der Waals surface area (Å²) in [4.78, 5) is 0. The van der Waals surface area contributed by atoms with E-state index in [4.69, 9.17) is 9.84 Å². The predicted molar refractivity (Wildman–Crippen MR) is 56.1 cm³/mol. The van der Waals surface area contributed by atoms with Gasteiger partial charge in [0.05, 0.1) is 18.3 Å². The van der Waals surface area contributed by atoms with Crippen molar-refractivity contribution in [1.82, 2.24) is 0 Å². The molecule has 2 aliphatic rings. The van der Waals surface area contributed by atoms with E-state index < -0.39 is 0 Å². The highest BCUT2D eigenvalue weighted by molar-refractivity contribution is 4.98. The molecule has 1 saturated carbocycles. The van der Waals surface area contributed by atoms with Crippen molar-refractivity contribution in [3.8, 4) is 0 Å². The van der Waals surface area contributed by atoms with E-state index in [0.29, 0.717) is 11.8 Å². The van der Waals surface area contributed by atoms with Gasteiger partial charge in [-0.25, -0.2) is 0 Å². The molecule has 0 aromatic rings. The Labute approximate surface area is 86.6 Å². The van der Waals surface area contributed by atoms with Gasteiger partial charge in [0.2, 0.25) is 0 Å². The van der Waals surface area contributed by atoms with Gasteiger partial charge in [-0.2, -0.15) is 0 Å². The van der Waals surface area contributed by atoms with Crippen molar-refractivity contribution in [2.45, 2.75) is 57.7 Å². The van der Waals surface area contributed by atoms with Crippen molar-refractivity contribution in [1.29, 1.82) is 0 Å². The van der Waals surface area contributed by atoms with Crippen molar-refractivity contribution >= 4 is 0 Å². The van der Waals surface area contributed by atoms with Crippen molar-refractivity contribution in [3.05, 3.63) is 0 Å². The van der Waals surface area contributed by atoms with Gasteiger partial charge in [-0.3, -0.25) is 0 Å². The van der Waals surface area contributed by atoms with Gasteiger partial charge in [-0.05, 0) is 37.5 Å². The molecule has 2 nitrogen and oxygen atoms in total. The zero-order valence-electron chi connectivity index (χ0n) is 9.33. The molecule has 3 unspecified atom stereocenters. The average Bonchev–Trinajstić information content (AvgIpc) is 2.60. The summed E-state index contributed by atoms with van der Waals surface area (Å²) >= 11 is 0. The van der Waals surface area contributed by atoms with Crippen LogP contribution in [0.5, 0.6) is 0 Å². The lowest BCUT2D eigenvalue weighted by Gasteiger charge is -2.44. The first kappa shape index (κ1) is 10.4. The molecule has 0 aromatic carbocycles. The summed E-state index contributed by atoms with van der Waals surface area (Å²) in [6.07, 6.45) is 6.24. The van der Waals surface area contributed by atoms with Gasteiger partial charge in [-0.1, -0.05) is 20.3 Å². The Balaban J connectivity index is 2.12. The van der Waals surface area contributed by atoms with Gasteiger partial charge < -0.3 is 9.84 Å². The molecular weight excluding hydrogens is 176 g/mol. The number of aliphatic hydroxyl groups is 1. The molecule has 0 aromatic heterocycles. The summed E-state index contributed by atoms with van der Waals surface area (Å²) in [5.41, 5.74) is 0.103. The largest absolute Gasteiger partial charge is 0.394 e. The van der Waals surface area contributed by atoms with Crippen molar-refractivity contribution in [2.75, 3.05) is 6.61 Å². The Bertz CT molecular complexity index is 192. The quantitative estimate of drug-likeness (QED) is 0.701. The molecule has 3 atom stereocenters. The van der Waals surface area contributed by atoms with E-state index in [2.05, 4.69) is 13.8 Å². The van der Waals surface area contributed by atoms with Crippen LogP contribution < -0.4 is 0 Å². The Morgan fingerprint density at radius 3 is 2.36 bits per heavy atom. The summed E-state index contributed by atoms with van der Waals surface area (Å²) in [6, 6.07) is 0. The summed E-state index contributed by atoms with van der Waals surface area (Å²) < 4.78 is 6.11. The lowest BCUT2D eigenvalue weighted by Crippen LogP contribution is -2.46. The van der Waals surface area contributed by atoms with Crippen LogP contribution in [0.15, 0.2) is 0 Å². The van der Waals surface area contributed by atoms with Crippen LogP contribution in [0.3, 0.4) is 0 Å². The second kappa shape index (κ2) is 3.82. The molecule has 2 rings (SSSR count). The minimum Gasteiger partial charge on any atom is -0.394 e.